The SMILES string of the molecule is C=C/C=C(/C)C(C)N(c1ccc(C)cc1)c1ccc(C)cc1. The van der Waals surface area contributed by atoms with Gasteiger partial charge in [-0.15, -0.1) is 0 Å². The Morgan fingerprint density at radius 2 is 1.32 bits per heavy atom. The van der Waals surface area contributed by atoms with E-state index < -0.39 is 0 Å². The Bertz CT molecular complexity index is 602. The van der Waals surface area contributed by atoms with Crippen molar-refractivity contribution < 1.29 is 0 Å². The molecule has 0 bridgehead atoms. The van der Waals surface area contributed by atoms with Gasteiger partial charge in [-0.1, -0.05) is 59.7 Å². The number of hydrogen-bond donors (Lipinski definition) is 0. The van der Waals surface area contributed by atoms with Crippen molar-refractivity contribution >= 4 is 11.4 Å². The van der Waals surface area contributed by atoms with Crippen LogP contribution in [-0.2, 0) is 0 Å². The maximum atomic E-state index is 3.82. The first-order chi connectivity index (χ1) is 10.5. The van der Waals surface area contributed by atoms with Crippen LogP contribution in [-0.4, -0.2) is 6.04 Å². The van der Waals surface area contributed by atoms with Crippen molar-refractivity contribution in [1.29, 1.82) is 0 Å². The lowest BCUT2D eigenvalue weighted by molar-refractivity contribution is 0.813. The van der Waals surface area contributed by atoms with Gasteiger partial charge in [0.15, 0.2) is 0 Å². The molecule has 0 aromatic heterocycles. The molecular weight excluding hydrogens is 266 g/mol. The van der Waals surface area contributed by atoms with E-state index in [9.17, 15) is 0 Å². The lowest BCUT2D eigenvalue weighted by atomic mass is 10.0. The van der Waals surface area contributed by atoms with E-state index in [1.165, 1.54) is 28.1 Å². The van der Waals surface area contributed by atoms with E-state index in [1.807, 2.05) is 6.08 Å². The van der Waals surface area contributed by atoms with Crippen LogP contribution in [0.4, 0.5) is 11.4 Å². The van der Waals surface area contributed by atoms with Gasteiger partial charge in [-0.3, -0.25) is 0 Å². The van der Waals surface area contributed by atoms with Crippen LogP contribution < -0.4 is 4.90 Å². The average molecular weight is 291 g/mol. The van der Waals surface area contributed by atoms with Crippen LogP contribution in [0.5, 0.6) is 0 Å². The van der Waals surface area contributed by atoms with Gasteiger partial charge in [0, 0.05) is 11.4 Å². The molecule has 0 radical (unpaired) electrons. The van der Waals surface area contributed by atoms with Gasteiger partial charge in [-0.2, -0.15) is 0 Å². The molecule has 0 saturated heterocycles. The summed E-state index contributed by atoms with van der Waals surface area (Å²) in [5.41, 5.74) is 6.26. The van der Waals surface area contributed by atoms with Gasteiger partial charge in [0.1, 0.15) is 0 Å². The largest absolute Gasteiger partial charge is 0.335 e. The molecule has 1 heteroatoms. The molecule has 0 saturated carbocycles. The first-order valence-corrected chi connectivity index (χ1v) is 7.74. The lowest BCUT2D eigenvalue weighted by Gasteiger charge is -2.32. The number of hydrogen-bond acceptors (Lipinski definition) is 1. The minimum Gasteiger partial charge on any atom is -0.335 e. The highest BCUT2D eigenvalue weighted by molar-refractivity contribution is 5.66. The second kappa shape index (κ2) is 7.13. The Morgan fingerprint density at radius 1 is 0.909 bits per heavy atom. The van der Waals surface area contributed by atoms with Gasteiger partial charge < -0.3 is 4.90 Å². The number of allylic oxidation sites excluding steroid dienone is 2. The summed E-state index contributed by atoms with van der Waals surface area (Å²) in [4.78, 5) is 2.37. The summed E-state index contributed by atoms with van der Waals surface area (Å²) in [6.45, 7) is 12.4. The van der Waals surface area contributed by atoms with E-state index >= 15 is 0 Å². The van der Waals surface area contributed by atoms with Crippen molar-refractivity contribution in [3.63, 3.8) is 0 Å². The third-order valence-corrected chi connectivity index (χ3v) is 4.05. The number of anilines is 2. The maximum Gasteiger partial charge on any atom is 0.0523 e. The fourth-order valence-electron chi connectivity index (χ4n) is 2.54. The van der Waals surface area contributed by atoms with Crippen molar-refractivity contribution in [2.24, 2.45) is 0 Å². The molecule has 1 unspecified atom stereocenters. The zero-order valence-electron chi connectivity index (χ0n) is 14.0. The quantitative estimate of drug-likeness (QED) is 0.614. The van der Waals surface area contributed by atoms with Gasteiger partial charge in [-0.25, -0.2) is 0 Å². The third kappa shape index (κ3) is 3.67. The molecule has 0 aliphatic heterocycles. The molecular formula is C21H25N. The van der Waals surface area contributed by atoms with Crippen molar-refractivity contribution in [3.05, 3.63) is 84.0 Å². The fraction of sp³-hybridized carbons (Fsp3) is 0.238. The van der Waals surface area contributed by atoms with Gasteiger partial charge >= 0.3 is 0 Å². The summed E-state index contributed by atoms with van der Waals surface area (Å²) < 4.78 is 0. The first-order valence-electron chi connectivity index (χ1n) is 7.74. The molecule has 0 N–H and O–H groups in total. The number of rotatable bonds is 5. The Balaban J connectivity index is 2.48. The molecule has 114 valence electrons. The molecule has 22 heavy (non-hydrogen) atoms. The summed E-state index contributed by atoms with van der Waals surface area (Å²) >= 11 is 0. The van der Waals surface area contributed by atoms with E-state index in [0.29, 0.717) is 0 Å². The van der Waals surface area contributed by atoms with Crippen LogP contribution in [0, 0.1) is 13.8 Å². The zero-order chi connectivity index (χ0) is 16.1. The summed E-state index contributed by atoms with van der Waals surface area (Å²) in [5.74, 6) is 0. The summed E-state index contributed by atoms with van der Waals surface area (Å²) in [6.07, 6.45) is 3.94. The molecule has 0 fully saturated rings. The van der Waals surface area contributed by atoms with E-state index in [0.717, 1.165) is 0 Å². The van der Waals surface area contributed by atoms with Gasteiger partial charge in [0.05, 0.1) is 6.04 Å². The molecule has 2 aromatic rings. The van der Waals surface area contributed by atoms with Crippen LogP contribution in [0.15, 0.2) is 72.8 Å². The van der Waals surface area contributed by atoms with Crippen LogP contribution in [0.25, 0.3) is 0 Å². The van der Waals surface area contributed by atoms with E-state index in [1.54, 1.807) is 0 Å². The highest BCUT2D eigenvalue weighted by Gasteiger charge is 2.17. The lowest BCUT2D eigenvalue weighted by Crippen LogP contribution is -2.29. The van der Waals surface area contributed by atoms with Gasteiger partial charge in [-0.05, 0) is 52.0 Å². The Hall–Kier alpha value is -2.28. The maximum absolute atomic E-state index is 3.82. The predicted molar refractivity (Wildman–Crippen MR) is 97.9 cm³/mol. The summed E-state index contributed by atoms with van der Waals surface area (Å²) in [5, 5.41) is 0. The van der Waals surface area contributed by atoms with Crippen molar-refractivity contribution in [2.45, 2.75) is 33.7 Å². The van der Waals surface area contributed by atoms with Crippen LogP contribution >= 0.6 is 0 Å². The zero-order valence-corrected chi connectivity index (χ0v) is 14.0. The molecule has 1 nitrogen and oxygen atoms in total. The van der Waals surface area contributed by atoms with Crippen molar-refractivity contribution in [1.82, 2.24) is 0 Å². The Morgan fingerprint density at radius 3 is 1.68 bits per heavy atom. The number of benzene rings is 2. The van der Waals surface area contributed by atoms with Gasteiger partial charge in [0.25, 0.3) is 0 Å². The molecule has 0 amide bonds. The Labute approximate surface area is 134 Å². The highest BCUT2D eigenvalue weighted by Crippen LogP contribution is 2.30. The monoisotopic (exact) mass is 291 g/mol. The minimum absolute atomic E-state index is 0.267. The highest BCUT2D eigenvalue weighted by atomic mass is 15.2. The normalized spacial score (nSPS) is 12.8. The number of aryl methyl sites for hydroxylation is 2. The number of nitrogens with zero attached hydrogens (tertiary/aromatic N) is 1. The molecule has 2 aromatic carbocycles. The topological polar surface area (TPSA) is 3.24 Å². The molecule has 0 aliphatic rings. The standard InChI is InChI=1S/C21H25N/c1-6-7-18(4)19(5)22(20-12-8-16(2)9-13-20)21-14-10-17(3)11-15-21/h6-15,19H,1H2,2-5H3/b18-7-. The second-order valence-electron chi connectivity index (χ2n) is 5.86. The van der Waals surface area contributed by atoms with Crippen molar-refractivity contribution in [3.8, 4) is 0 Å². The minimum atomic E-state index is 0.267. The van der Waals surface area contributed by atoms with Crippen molar-refractivity contribution in [2.75, 3.05) is 4.90 Å². The van der Waals surface area contributed by atoms with E-state index in [2.05, 4.69) is 93.8 Å². The fourth-order valence-corrected chi connectivity index (χ4v) is 2.54. The predicted octanol–water partition coefficient (Wildman–Crippen LogP) is 5.96. The molecule has 0 spiro atoms. The first kappa shape index (κ1) is 16.1. The smallest absolute Gasteiger partial charge is 0.0523 e. The molecule has 0 heterocycles. The van der Waals surface area contributed by atoms with E-state index in [-0.39, 0.29) is 6.04 Å². The van der Waals surface area contributed by atoms with Crippen LogP contribution in [0.2, 0.25) is 0 Å². The average Bonchev–Trinajstić information content (AvgIpc) is 2.51. The summed E-state index contributed by atoms with van der Waals surface area (Å²) in [7, 11) is 0. The summed E-state index contributed by atoms with van der Waals surface area (Å²) in [6, 6.07) is 17.7. The van der Waals surface area contributed by atoms with Crippen LogP contribution in [0.3, 0.4) is 0 Å². The van der Waals surface area contributed by atoms with Crippen LogP contribution in [0.1, 0.15) is 25.0 Å². The molecule has 2 rings (SSSR count). The Kier molecular flexibility index (Phi) is 5.21. The third-order valence-electron chi connectivity index (χ3n) is 4.05. The second-order valence-corrected chi connectivity index (χ2v) is 5.86. The molecule has 0 aliphatic carbocycles. The molecule has 1 atom stereocenters. The van der Waals surface area contributed by atoms with E-state index in [4.69, 9.17) is 0 Å². The van der Waals surface area contributed by atoms with Gasteiger partial charge in [0.2, 0.25) is 0 Å².